The predicted molar refractivity (Wildman–Crippen MR) is 82.6 cm³/mol. The molecule has 0 amide bonds. The monoisotopic (exact) mass is 326 g/mol. The molecule has 0 spiro atoms. The second-order valence-corrected chi connectivity index (χ2v) is 7.04. The number of aromatic hydroxyl groups is 1. The Labute approximate surface area is 128 Å². The van der Waals surface area contributed by atoms with Gasteiger partial charge in [0.25, 0.3) is 0 Å². The molecule has 0 atom stereocenters. The smallest absolute Gasteiger partial charge is 0.244 e. The van der Waals surface area contributed by atoms with Crippen molar-refractivity contribution in [3.63, 3.8) is 0 Å². The zero-order valence-corrected chi connectivity index (χ0v) is 12.9. The van der Waals surface area contributed by atoms with Crippen molar-refractivity contribution in [1.82, 2.24) is 4.31 Å². The number of nitrogen functional groups attached to an aromatic ring is 1. The third kappa shape index (κ3) is 3.47. The Kier molecular flexibility index (Phi) is 4.41. The Morgan fingerprint density at radius 1 is 1.24 bits per heavy atom. The fourth-order valence-corrected chi connectivity index (χ4v) is 3.57. The summed E-state index contributed by atoms with van der Waals surface area (Å²) in [5.41, 5.74) is 6.64. The lowest BCUT2D eigenvalue weighted by Gasteiger charge is -2.18. The Hall–Kier alpha value is -1.76. The van der Waals surface area contributed by atoms with Crippen LogP contribution in [0.2, 0.25) is 5.02 Å². The highest BCUT2D eigenvalue weighted by Gasteiger charge is 2.23. The highest BCUT2D eigenvalue weighted by Crippen LogP contribution is 2.27. The number of benzene rings is 2. The normalized spacial score (nSPS) is 11.8. The van der Waals surface area contributed by atoms with Gasteiger partial charge >= 0.3 is 0 Å². The van der Waals surface area contributed by atoms with E-state index >= 15 is 0 Å². The van der Waals surface area contributed by atoms with Crippen molar-refractivity contribution in [2.45, 2.75) is 11.4 Å². The quantitative estimate of drug-likeness (QED) is 0.845. The fraction of sp³-hybridized carbons (Fsp3) is 0.143. The van der Waals surface area contributed by atoms with E-state index in [4.69, 9.17) is 17.3 Å². The minimum Gasteiger partial charge on any atom is -0.508 e. The molecule has 0 saturated heterocycles. The highest BCUT2D eigenvalue weighted by atomic mass is 35.5. The van der Waals surface area contributed by atoms with Crippen LogP contribution in [-0.4, -0.2) is 24.9 Å². The average Bonchev–Trinajstić information content (AvgIpc) is 2.38. The lowest BCUT2D eigenvalue weighted by molar-refractivity contribution is 0.458. The minimum absolute atomic E-state index is 0.000944. The van der Waals surface area contributed by atoms with Crippen LogP contribution < -0.4 is 5.73 Å². The SMILES string of the molecule is CN(Cc1cccc(O)c1)S(=O)(=O)c1ccc(N)cc1Cl. The molecule has 5 nitrogen and oxygen atoms in total. The zero-order valence-electron chi connectivity index (χ0n) is 11.3. The molecule has 0 heterocycles. The predicted octanol–water partition coefficient (Wildman–Crippen LogP) is 2.45. The number of halogens is 1. The van der Waals surface area contributed by atoms with Gasteiger partial charge in [-0.3, -0.25) is 0 Å². The molecular formula is C14H15ClN2O3S. The molecule has 0 bridgehead atoms. The van der Waals surface area contributed by atoms with Crippen LogP contribution in [0.1, 0.15) is 5.56 Å². The van der Waals surface area contributed by atoms with Gasteiger partial charge in [0.1, 0.15) is 10.6 Å². The van der Waals surface area contributed by atoms with Gasteiger partial charge in [-0.2, -0.15) is 4.31 Å². The number of nitrogens with two attached hydrogens (primary N) is 1. The summed E-state index contributed by atoms with van der Waals surface area (Å²) >= 11 is 5.96. The number of rotatable bonds is 4. The second kappa shape index (κ2) is 5.93. The zero-order chi connectivity index (χ0) is 15.6. The Bertz CT molecular complexity index is 763. The maximum Gasteiger partial charge on any atom is 0.244 e. The van der Waals surface area contributed by atoms with Gasteiger partial charge in [-0.05, 0) is 35.9 Å². The molecular weight excluding hydrogens is 312 g/mol. The summed E-state index contributed by atoms with van der Waals surface area (Å²) in [5.74, 6) is 0.0869. The van der Waals surface area contributed by atoms with Crippen LogP contribution in [0.4, 0.5) is 5.69 Å². The summed E-state index contributed by atoms with van der Waals surface area (Å²) in [7, 11) is -2.28. The molecule has 0 radical (unpaired) electrons. The molecule has 2 aromatic rings. The average molecular weight is 327 g/mol. The molecule has 7 heteroatoms. The molecule has 21 heavy (non-hydrogen) atoms. The topological polar surface area (TPSA) is 83.6 Å². The van der Waals surface area contributed by atoms with Gasteiger partial charge in [0, 0.05) is 19.3 Å². The first-order valence-electron chi connectivity index (χ1n) is 6.10. The van der Waals surface area contributed by atoms with Crippen LogP contribution in [0.15, 0.2) is 47.4 Å². The minimum atomic E-state index is -3.73. The lowest BCUT2D eigenvalue weighted by atomic mass is 10.2. The van der Waals surface area contributed by atoms with Gasteiger partial charge in [-0.15, -0.1) is 0 Å². The first-order valence-corrected chi connectivity index (χ1v) is 7.92. The van der Waals surface area contributed by atoms with E-state index in [0.717, 1.165) is 0 Å². The van der Waals surface area contributed by atoms with Crippen molar-refractivity contribution in [2.75, 3.05) is 12.8 Å². The van der Waals surface area contributed by atoms with Crippen molar-refractivity contribution in [2.24, 2.45) is 0 Å². The van der Waals surface area contributed by atoms with Crippen molar-refractivity contribution in [3.05, 3.63) is 53.1 Å². The molecule has 0 saturated carbocycles. The van der Waals surface area contributed by atoms with Gasteiger partial charge in [0.15, 0.2) is 0 Å². The first kappa shape index (κ1) is 15.6. The summed E-state index contributed by atoms with van der Waals surface area (Å²) < 4.78 is 26.1. The van der Waals surface area contributed by atoms with Gasteiger partial charge < -0.3 is 10.8 Å². The molecule has 3 N–H and O–H groups in total. The van der Waals surface area contributed by atoms with Crippen LogP contribution >= 0.6 is 11.6 Å². The van der Waals surface area contributed by atoms with Crippen LogP contribution in [0, 0.1) is 0 Å². The molecule has 112 valence electrons. The van der Waals surface area contributed by atoms with Crippen molar-refractivity contribution >= 4 is 27.3 Å². The Morgan fingerprint density at radius 3 is 2.57 bits per heavy atom. The summed E-state index contributed by atoms with van der Waals surface area (Å²) in [6, 6.07) is 10.7. The third-order valence-corrected chi connectivity index (χ3v) is 5.25. The van der Waals surface area contributed by atoms with E-state index in [0.29, 0.717) is 11.3 Å². The summed E-state index contributed by atoms with van der Waals surface area (Å²) in [4.78, 5) is 0.000944. The number of phenolic OH excluding ortho intramolecular Hbond substituents is 1. The number of anilines is 1. The molecule has 0 aliphatic carbocycles. The van der Waals surface area contributed by atoms with Crippen molar-refractivity contribution < 1.29 is 13.5 Å². The van der Waals surface area contributed by atoms with Gasteiger partial charge in [0.05, 0.1) is 5.02 Å². The first-order chi connectivity index (χ1) is 9.80. The van der Waals surface area contributed by atoms with Gasteiger partial charge in [-0.25, -0.2) is 8.42 Å². The number of phenols is 1. The second-order valence-electron chi connectivity index (χ2n) is 4.62. The van der Waals surface area contributed by atoms with E-state index in [9.17, 15) is 13.5 Å². The van der Waals surface area contributed by atoms with Crippen molar-refractivity contribution in [1.29, 1.82) is 0 Å². The van der Waals surface area contributed by atoms with Gasteiger partial charge in [-0.1, -0.05) is 23.7 Å². The maximum atomic E-state index is 12.5. The van der Waals surface area contributed by atoms with Crippen LogP contribution in [0.3, 0.4) is 0 Å². The van der Waals surface area contributed by atoms with E-state index in [2.05, 4.69) is 0 Å². The molecule has 0 unspecified atom stereocenters. The number of sulfonamides is 1. The van der Waals surface area contributed by atoms with E-state index < -0.39 is 10.0 Å². The summed E-state index contributed by atoms with van der Waals surface area (Å²) in [6.45, 7) is 0.122. The summed E-state index contributed by atoms with van der Waals surface area (Å²) in [5, 5.41) is 9.50. The third-order valence-electron chi connectivity index (χ3n) is 2.96. The summed E-state index contributed by atoms with van der Waals surface area (Å²) in [6.07, 6.45) is 0. The molecule has 0 aliphatic rings. The number of nitrogens with zero attached hydrogens (tertiary/aromatic N) is 1. The fourth-order valence-electron chi connectivity index (χ4n) is 1.89. The Balaban J connectivity index is 2.30. The molecule has 0 aromatic heterocycles. The van der Waals surface area contributed by atoms with E-state index in [-0.39, 0.29) is 22.2 Å². The highest BCUT2D eigenvalue weighted by molar-refractivity contribution is 7.89. The van der Waals surface area contributed by atoms with Crippen molar-refractivity contribution in [3.8, 4) is 5.75 Å². The number of hydrogen-bond donors (Lipinski definition) is 2. The van der Waals surface area contributed by atoms with E-state index in [1.165, 1.54) is 41.7 Å². The maximum absolute atomic E-state index is 12.5. The van der Waals surface area contributed by atoms with Gasteiger partial charge in [0.2, 0.25) is 10.0 Å². The molecule has 2 aromatic carbocycles. The lowest BCUT2D eigenvalue weighted by Crippen LogP contribution is -2.26. The van der Waals surface area contributed by atoms with Crippen LogP contribution in [0.25, 0.3) is 0 Å². The molecule has 0 aliphatic heterocycles. The van der Waals surface area contributed by atoms with Crippen LogP contribution in [0.5, 0.6) is 5.75 Å². The number of hydrogen-bond acceptors (Lipinski definition) is 4. The molecule has 0 fully saturated rings. The van der Waals surface area contributed by atoms with E-state index in [1.807, 2.05) is 0 Å². The Morgan fingerprint density at radius 2 is 1.95 bits per heavy atom. The standard InChI is InChI=1S/C14H15ClN2O3S/c1-17(9-10-3-2-4-12(18)7-10)21(19,20)14-6-5-11(16)8-13(14)15/h2-8,18H,9,16H2,1H3. The van der Waals surface area contributed by atoms with E-state index in [1.54, 1.807) is 12.1 Å². The molecule has 2 rings (SSSR count). The van der Waals surface area contributed by atoms with Crippen LogP contribution in [-0.2, 0) is 16.6 Å². The largest absolute Gasteiger partial charge is 0.508 e.